The van der Waals surface area contributed by atoms with Crippen LogP contribution in [0.15, 0.2) is 42.9 Å². The number of nitrogens with zero attached hydrogens (tertiary/aromatic N) is 6. The van der Waals surface area contributed by atoms with Crippen molar-refractivity contribution >= 4 is 34.1 Å². The first-order valence-corrected chi connectivity index (χ1v) is 13.4. The molecule has 0 atom stereocenters. The molecule has 2 N–H and O–H groups in total. The SMILES string of the molecule is CN(C)Cc1nc(Nc2cnc(-c3ccnc4c3ccn4C)c3c2C(=O)NC3)ccc1N1CCOC2(CC2)C1. The predicted molar refractivity (Wildman–Crippen MR) is 150 cm³/mol. The van der Waals surface area contributed by atoms with Crippen LogP contribution < -0.4 is 15.5 Å². The molecule has 10 nitrogen and oxygen atoms in total. The molecule has 0 bridgehead atoms. The zero-order valence-corrected chi connectivity index (χ0v) is 22.5. The van der Waals surface area contributed by atoms with Crippen molar-refractivity contribution in [3.05, 3.63) is 59.7 Å². The molecule has 1 amide bonds. The van der Waals surface area contributed by atoms with E-state index in [1.807, 2.05) is 36.0 Å². The van der Waals surface area contributed by atoms with Crippen LogP contribution in [-0.4, -0.2) is 69.7 Å². The lowest BCUT2D eigenvalue weighted by Gasteiger charge is -2.36. The number of hydrogen-bond acceptors (Lipinski definition) is 8. The Kier molecular flexibility index (Phi) is 5.57. The van der Waals surface area contributed by atoms with E-state index >= 15 is 0 Å². The van der Waals surface area contributed by atoms with Crippen LogP contribution in [0.5, 0.6) is 0 Å². The second-order valence-electron chi connectivity index (χ2n) is 11.1. The van der Waals surface area contributed by atoms with E-state index in [-0.39, 0.29) is 11.5 Å². The van der Waals surface area contributed by atoms with Gasteiger partial charge in [-0.2, -0.15) is 0 Å². The number of pyridine rings is 3. The average molecular weight is 525 g/mol. The first-order chi connectivity index (χ1) is 18.9. The first kappa shape index (κ1) is 24.1. The monoisotopic (exact) mass is 524 g/mol. The number of carbonyl (C=O) groups is 1. The van der Waals surface area contributed by atoms with E-state index in [0.29, 0.717) is 30.2 Å². The van der Waals surface area contributed by atoms with Gasteiger partial charge in [-0.05, 0) is 51.2 Å². The normalized spacial score (nSPS) is 17.6. The molecule has 10 heteroatoms. The molecule has 1 spiro atoms. The number of fused-ring (bicyclic) bond motifs is 2. The van der Waals surface area contributed by atoms with Crippen molar-refractivity contribution in [2.45, 2.75) is 31.5 Å². The smallest absolute Gasteiger partial charge is 0.254 e. The third-order valence-electron chi connectivity index (χ3n) is 7.93. The molecule has 3 aliphatic rings. The summed E-state index contributed by atoms with van der Waals surface area (Å²) in [6.07, 6.45) is 7.78. The van der Waals surface area contributed by atoms with E-state index in [2.05, 4.69) is 45.6 Å². The summed E-state index contributed by atoms with van der Waals surface area (Å²) in [5.74, 6) is 0.582. The van der Waals surface area contributed by atoms with Crippen molar-refractivity contribution in [3.8, 4) is 11.3 Å². The maximum Gasteiger partial charge on any atom is 0.254 e. The summed E-state index contributed by atoms with van der Waals surface area (Å²) in [6, 6.07) is 8.14. The van der Waals surface area contributed by atoms with Gasteiger partial charge in [0.2, 0.25) is 0 Å². The van der Waals surface area contributed by atoms with Crippen LogP contribution in [0.1, 0.15) is 34.5 Å². The fourth-order valence-electron chi connectivity index (χ4n) is 5.84. The maximum absolute atomic E-state index is 13.0. The van der Waals surface area contributed by atoms with Crippen molar-refractivity contribution in [1.82, 2.24) is 29.7 Å². The van der Waals surface area contributed by atoms with Gasteiger partial charge >= 0.3 is 0 Å². The Hall–Kier alpha value is -4.02. The molecule has 2 aliphatic heterocycles. The average Bonchev–Trinajstić information content (AvgIpc) is 3.36. The van der Waals surface area contributed by atoms with E-state index in [1.165, 1.54) is 0 Å². The van der Waals surface area contributed by atoms with Crippen molar-refractivity contribution in [2.24, 2.45) is 7.05 Å². The fraction of sp³-hybridized carbons (Fsp3) is 0.379. The van der Waals surface area contributed by atoms with Gasteiger partial charge in [-0.3, -0.25) is 9.78 Å². The minimum Gasteiger partial charge on any atom is -0.371 e. The van der Waals surface area contributed by atoms with Crippen molar-refractivity contribution in [1.29, 1.82) is 0 Å². The molecule has 1 aliphatic carbocycles. The highest BCUT2D eigenvalue weighted by atomic mass is 16.5. The molecule has 2 fully saturated rings. The van der Waals surface area contributed by atoms with Crippen LogP contribution in [0.2, 0.25) is 0 Å². The maximum atomic E-state index is 13.0. The summed E-state index contributed by atoms with van der Waals surface area (Å²) in [6.45, 7) is 3.65. The Morgan fingerprint density at radius 3 is 2.87 bits per heavy atom. The Morgan fingerprint density at radius 1 is 1.18 bits per heavy atom. The third kappa shape index (κ3) is 4.20. The molecule has 7 rings (SSSR count). The quantitative estimate of drug-likeness (QED) is 0.396. The van der Waals surface area contributed by atoms with Gasteiger partial charge < -0.3 is 29.7 Å². The molecular weight excluding hydrogens is 492 g/mol. The lowest BCUT2D eigenvalue weighted by molar-refractivity contribution is 0.0205. The zero-order chi connectivity index (χ0) is 26.7. The molecular formula is C29H32N8O2. The number of rotatable bonds is 6. The molecule has 1 saturated carbocycles. The minimum atomic E-state index is -0.109. The van der Waals surface area contributed by atoms with Crippen LogP contribution in [0.3, 0.4) is 0 Å². The third-order valence-corrected chi connectivity index (χ3v) is 7.93. The van der Waals surface area contributed by atoms with Gasteiger partial charge in [-0.25, -0.2) is 9.97 Å². The Balaban J connectivity index is 1.24. The molecule has 200 valence electrons. The summed E-state index contributed by atoms with van der Waals surface area (Å²) in [5.41, 5.74) is 6.97. The number of aryl methyl sites for hydroxylation is 1. The highest BCUT2D eigenvalue weighted by Gasteiger charge is 2.47. The number of aromatic nitrogens is 4. The molecule has 4 aromatic rings. The van der Waals surface area contributed by atoms with E-state index in [9.17, 15) is 4.79 Å². The molecule has 0 unspecified atom stereocenters. The van der Waals surface area contributed by atoms with E-state index in [4.69, 9.17) is 14.7 Å². The molecule has 1 saturated heterocycles. The zero-order valence-electron chi connectivity index (χ0n) is 22.5. The topological polar surface area (TPSA) is 100 Å². The molecule has 4 aromatic heterocycles. The number of hydrogen-bond donors (Lipinski definition) is 2. The van der Waals surface area contributed by atoms with E-state index < -0.39 is 0 Å². The Bertz CT molecular complexity index is 1610. The number of morpholine rings is 1. The lowest BCUT2D eigenvalue weighted by atomic mass is 10.0. The van der Waals surface area contributed by atoms with Gasteiger partial charge in [0.1, 0.15) is 11.5 Å². The van der Waals surface area contributed by atoms with Gasteiger partial charge in [0.15, 0.2) is 0 Å². The van der Waals surface area contributed by atoms with Crippen LogP contribution in [-0.2, 0) is 24.9 Å². The number of amides is 1. The minimum absolute atomic E-state index is 0.0338. The van der Waals surface area contributed by atoms with Gasteiger partial charge in [-0.15, -0.1) is 0 Å². The standard InChI is InChI=1S/C29H32N8O2/c1-35(2)16-22-23(37-12-13-39-29(17-37)8-9-29)4-5-24(34-22)33-21-15-31-26(20-14-32-28(38)25(20)21)18-6-10-30-27-19(18)7-11-36(27)3/h4-7,10-11,15H,8-9,12-14,16-17H2,1-3H3,(H,32,38)(H,33,34). The van der Waals surface area contributed by atoms with Crippen LogP contribution >= 0.6 is 0 Å². The highest BCUT2D eigenvalue weighted by molar-refractivity contribution is 6.06. The fourth-order valence-corrected chi connectivity index (χ4v) is 5.84. The molecule has 0 aromatic carbocycles. The van der Waals surface area contributed by atoms with Gasteiger partial charge in [0.25, 0.3) is 5.91 Å². The summed E-state index contributed by atoms with van der Waals surface area (Å²) in [5, 5.41) is 7.42. The number of carbonyl (C=O) groups excluding carboxylic acids is 1. The van der Waals surface area contributed by atoms with Gasteiger partial charge in [0, 0.05) is 62.1 Å². The number of ether oxygens (including phenoxy) is 1. The summed E-state index contributed by atoms with van der Waals surface area (Å²) in [4.78, 5) is 31.9. The summed E-state index contributed by atoms with van der Waals surface area (Å²) in [7, 11) is 6.08. The summed E-state index contributed by atoms with van der Waals surface area (Å²) < 4.78 is 8.02. The van der Waals surface area contributed by atoms with Crippen LogP contribution in [0.4, 0.5) is 17.2 Å². The number of anilines is 3. The first-order valence-electron chi connectivity index (χ1n) is 13.4. The highest BCUT2D eigenvalue weighted by Crippen LogP contribution is 2.43. The molecule has 6 heterocycles. The largest absolute Gasteiger partial charge is 0.371 e. The van der Waals surface area contributed by atoms with Gasteiger partial charge in [-0.1, -0.05) is 0 Å². The van der Waals surface area contributed by atoms with Crippen molar-refractivity contribution in [2.75, 3.05) is 44.0 Å². The Labute approximate surface area is 227 Å². The second-order valence-corrected chi connectivity index (χ2v) is 11.1. The molecule has 0 radical (unpaired) electrons. The van der Waals surface area contributed by atoms with Crippen LogP contribution in [0, 0.1) is 0 Å². The van der Waals surface area contributed by atoms with Crippen LogP contribution in [0.25, 0.3) is 22.3 Å². The van der Waals surface area contributed by atoms with Crippen molar-refractivity contribution in [3.63, 3.8) is 0 Å². The Morgan fingerprint density at radius 2 is 2.05 bits per heavy atom. The lowest BCUT2D eigenvalue weighted by Crippen LogP contribution is -2.44. The van der Waals surface area contributed by atoms with Crippen molar-refractivity contribution < 1.29 is 9.53 Å². The second kappa shape index (κ2) is 9.03. The van der Waals surface area contributed by atoms with Gasteiger partial charge in [0.05, 0.1) is 46.7 Å². The summed E-state index contributed by atoms with van der Waals surface area (Å²) >= 11 is 0. The van der Waals surface area contributed by atoms with E-state index in [0.717, 1.165) is 71.8 Å². The molecule has 39 heavy (non-hydrogen) atoms. The predicted octanol–water partition coefficient (Wildman–Crippen LogP) is 3.45. The van der Waals surface area contributed by atoms with E-state index in [1.54, 1.807) is 12.4 Å². The number of nitrogens with one attached hydrogen (secondary N) is 2.